The molecule has 0 unspecified atom stereocenters. The summed E-state index contributed by atoms with van der Waals surface area (Å²) >= 11 is 1.45. The molecule has 0 aliphatic carbocycles. The Morgan fingerprint density at radius 1 is 1.21 bits per heavy atom. The van der Waals surface area contributed by atoms with Crippen molar-refractivity contribution in [3.05, 3.63) is 36.5 Å². The molecule has 1 aliphatic rings. The fourth-order valence-electron chi connectivity index (χ4n) is 2.18. The fraction of sp³-hybridized carbons (Fsp3) is 0.294. The van der Waals surface area contributed by atoms with Crippen molar-refractivity contribution in [3.8, 4) is 11.5 Å². The van der Waals surface area contributed by atoms with Gasteiger partial charge in [0.2, 0.25) is 5.91 Å². The number of carbonyl (C=O) groups is 1. The molecule has 1 aliphatic heterocycles. The van der Waals surface area contributed by atoms with Crippen LogP contribution in [0.15, 0.2) is 41.4 Å². The molecule has 1 aromatic carbocycles. The maximum absolute atomic E-state index is 12.1. The van der Waals surface area contributed by atoms with Gasteiger partial charge in [0.1, 0.15) is 19.0 Å². The molecule has 0 spiro atoms. The quantitative estimate of drug-likeness (QED) is 0.841. The summed E-state index contributed by atoms with van der Waals surface area (Å²) in [5.41, 5.74) is 0.688. The number of rotatable bonds is 5. The highest BCUT2D eigenvalue weighted by molar-refractivity contribution is 8.00. The van der Waals surface area contributed by atoms with Crippen LogP contribution in [0.4, 0.5) is 11.5 Å². The van der Waals surface area contributed by atoms with Crippen LogP contribution in [-0.4, -0.2) is 44.0 Å². The zero-order valence-electron chi connectivity index (χ0n) is 13.6. The fourth-order valence-corrected chi connectivity index (χ4v) is 2.91. The Kier molecular flexibility index (Phi) is 5.10. The third kappa shape index (κ3) is 4.11. The molecule has 3 rings (SSSR count). The Bertz CT molecular complexity index is 720. The van der Waals surface area contributed by atoms with Crippen LogP contribution < -0.4 is 19.7 Å². The van der Waals surface area contributed by atoms with Crippen molar-refractivity contribution < 1.29 is 14.3 Å². The van der Waals surface area contributed by atoms with Crippen LogP contribution in [0.5, 0.6) is 11.5 Å². The normalized spacial score (nSPS) is 12.6. The standard InChI is InChI=1S/C17H19N3O3S/c1-20(2)16-6-3-12(10-18-16)19-17(21)11-24-13-4-5-14-15(9-13)23-8-7-22-14/h3-6,9-10H,7-8,11H2,1-2H3,(H,19,21). The first-order valence-electron chi connectivity index (χ1n) is 7.57. The van der Waals surface area contributed by atoms with Crippen molar-refractivity contribution in [1.29, 1.82) is 0 Å². The van der Waals surface area contributed by atoms with E-state index in [4.69, 9.17) is 9.47 Å². The molecule has 2 heterocycles. The van der Waals surface area contributed by atoms with E-state index in [-0.39, 0.29) is 5.91 Å². The highest BCUT2D eigenvalue weighted by Crippen LogP contribution is 2.34. The lowest BCUT2D eigenvalue weighted by Gasteiger charge is -2.18. The molecule has 0 saturated heterocycles. The van der Waals surface area contributed by atoms with E-state index < -0.39 is 0 Å². The number of hydrogen-bond acceptors (Lipinski definition) is 6. The second-order valence-electron chi connectivity index (χ2n) is 5.44. The largest absolute Gasteiger partial charge is 0.486 e. The molecule has 7 heteroatoms. The summed E-state index contributed by atoms with van der Waals surface area (Å²) in [4.78, 5) is 19.2. The number of pyridine rings is 1. The highest BCUT2D eigenvalue weighted by atomic mass is 32.2. The van der Waals surface area contributed by atoms with E-state index in [1.165, 1.54) is 11.8 Å². The van der Waals surface area contributed by atoms with Crippen LogP contribution in [0.2, 0.25) is 0 Å². The number of carbonyl (C=O) groups excluding carboxylic acids is 1. The first-order chi connectivity index (χ1) is 11.6. The topological polar surface area (TPSA) is 63.7 Å². The lowest BCUT2D eigenvalue weighted by atomic mass is 10.3. The summed E-state index contributed by atoms with van der Waals surface area (Å²) in [6.45, 7) is 1.13. The average molecular weight is 345 g/mol. The Hall–Kier alpha value is -2.41. The molecule has 0 radical (unpaired) electrons. The molecule has 0 saturated carbocycles. The molecule has 1 aromatic heterocycles. The van der Waals surface area contributed by atoms with Gasteiger partial charge in [-0.15, -0.1) is 11.8 Å². The van der Waals surface area contributed by atoms with Gasteiger partial charge in [0.05, 0.1) is 17.6 Å². The number of nitrogens with one attached hydrogen (secondary N) is 1. The zero-order valence-corrected chi connectivity index (χ0v) is 14.4. The van der Waals surface area contributed by atoms with Crippen LogP contribution in [0.25, 0.3) is 0 Å². The van der Waals surface area contributed by atoms with Gasteiger partial charge in [-0.05, 0) is 30.3 Å². The minimum Gasteiger partial charge on any atom is -0.486 e. The van der Waals surface area contributed by atoms with Crippen molar-refractivity contribution in [1.82, 2.24) is 4.98 Å². The van der Waals surface area contributed by atoms with Crippen molar-refractivity contribution >= 4 is 29.2 Å². The van der Waals surface area contributed by atoms with Crippen LogP contribution in [-0.2, 0) is 4.79 Å². The summed E-state index contributed by atoms with van der Waals surface area (Å²) in [6.07, 6.45) is 1.65. The van der Waals surface area contributed by atoms with Crippen molar-refractivity contribution in [2.45, 2.75) is 4.90 Å². The van der Waals surface area contributed by atoms with E-state index >= 15 is 0 Å². The van der Waals surface area contributed by atoms with Gasteiger partial charge in [-0.3, -0.25) is 4.79 Å². The number of amides is 1. The average Bonchev–Trinajstić information content (AvgIpc) is 2.60. The number of nitrogens with zero attached hydrogens (tertiary/aromatic N) is 2. The van der Waals surface area contributed by atoms with Crippen LogP contribution >= 0.6 is 11.8 Å². The molecule has 0 atom stereocenters. The molecule has 24 heavy (non-hydrogen) atoms. The zero-order chi connectivity index (χ0) is 16.9. The molecular formula is C17H19N3O3S. The maximum Gasteiger partial charge on any atom is 0.234 e. The van der Waals surface area contributed by atoms with E-state index in [0.29, 0.717) is 24.7 Å². The number of aromatic nitrogens is 1. The van der Waals surface area contributed by atoms with Gasteiger partial charge in [0.15, 0.2) is 11.5 Å². The van der Waals surface area contributed by atoms with Crippen LogP contribution in [0, 0.1) is 0 Å². The number of ether oxygens (including phenoxy) is 2. The molecule has 0 bridgehead atoms. The molecule has 6 nitrogen and oxygen atoms in total. The summed E-state index contributed by atoms with van der Waals surface area (Å²) in [7, 11) is 3.84. The molecule has 126 valence electrons. The van der Waals surface area contributed by atoms with Gasteiger partial charge in [-0.25, -0.2) is 4.98 Å². The first-order valence-corrected chi connectivity index (χ1v) is 8.56. The highest BCUT2D eigenvalue weighted by Gasteiger charge is 2.12. The van der Waals surface area contributed by atoms with Crippen LogP contribution in [0.3, 0.4) is 0 Å². The van der Waals surface area contributed by atoms with Crippen molar-refractivity contribution in [2.24, 2.45) is 0 Å². The lowest BCUT2D eigenvalue weighted by Crippen LogP contribution is -2.16. The number of hydrogen-bond donors (Lipinski definition) is 1. The molecule has 1 N–H and O–H groups in total. The van der Waals surface area contributed by atoms with E-state index in [0.717, 1.165) is 22.2 Å². The van der Waals surface area contributed by atoms with Crippen molar-refractivity contribution in [3.63, 3.8) is 0 Å². The second kappa shape index (κ2) is 7.44. The van der Waals surface area contributed by atoms with Gasteiger partial charge in [0, 0.05) is 19.0 Å². The number of fused-ring (bicyclic) bond motifs is 1. The minimum atomic E-state index is -0.0747. The summed E-state index contributed by atoms with van der Waals surface area (Å²) in [5, 5.41) is 2.84. The third-order valence-electron chi connectivity index (χ3n) is 3.37. The van der Waals surface area contributed by atoms with Crippen molar-refractivity contribution in [2.75, 3.05) is 43.3 Å². The molecular weight excluding hydrogens is 326 g/mol. The summed E-state index contributed by atoms with van der Waals surface area (Å²) in [6, 6.07) is 9.41. The first kappa shape index (κ1) is 16.4. The smallest absolute Gasteiger partial charge is 0.234 e. The van der Waals surface area contributed by atoms with Gasteiger partial charge in [-0.1, -0.05) is 0 Å². The van der Waals surface area contributed by atoms with E-state index in [2.05, 4.69) is 10.3 Å². The number of thioether (sulfide) groups is 1. The van der Waals surface area contributed by atoms with Gasteiger partial charge in [-0.2, -0.15) is 0 Å². The molecule has 1 amide bonds. The van der Waals surface area contributed by atoms with Crippen LogP contribution in [0.1, 0.15) is 0 Å². The van der Waals surface area contributed by atoms with E-state index in [1.54, 1.807) is 6.20 Å². The summed E-state index contributed by atoms with van der Waals surface area (Å²) in [5.74, 6) is 2.57. The van der Waals surface area contributed by atoms with Gasteiger partial charge in [0.25, 0.3) is 0 Å². The maximum atomic E-state index is 12.1. The number of benzene rings is 1. The minimum absolute atomic E-state index is 0.0747. The van der Waals surface area contributed by atoms with Gasteiger partial charge < -0.3 is 19.7 Å². The Morgan fingerprint density at radius 2 is 2.00 bits per heavy atom. The molecule has 2 aromatic rings. The predicted molar refractivity (Wildman–Crippen MR) is 95.3 cm³/mol. The third-order valence-corrected chi connectivity index (χ3v) is 4.37. The SMILES string of the molecule is CN(C)c1ccc(NC(=O)CSc2ccc3c(c2)OCCO3)cn1. The number of anilines is 2. The Morgan fingerprint density at radius 3 is 2.71 bits per heavy atom. The Balaban J connectivity index is 1.53. The second-order valence-corrected chi connectivity index (χ2v) is 6.49. The van der Waals surface area contributed by atoms with Gasteiger partial charge >= 0.3 is 0 Å². The summed E-state index contributed by atoms with van der Waals surface area (Å²) < 4.78 is 11.0. The van der Waals surface area contributed by atoms with E-state index in [9.17, 15) is 4.79 Å². The predicted octanol–water partition coefficient (Wildman–Crippen LogP) is 2.65. The van der Waals surface area contributed by atoms with E-state index in [1.807, 2.05) is 49.3 Å². The molecule has 0 fully saturated rings. The lowest BCUT2D eigenvalue weighted by molar-refractivity contribution is -0.113. The Labute approximate surface area is 145 Å². The monoisotopic (exact) mass is 345 g/mol.